The van der Waals surface area contributed by atoms with E-state index in [-0.39, 0.29) is 6.04 Å². The van der Waals surface area contributed by atoms with E-state index in [0.717, 1.165) is 29.3 Å². The molecule has 0 saturated heterocycles. The lowest BCUT2D eigenvalue weighted by molar-refractivity contribution is 0.561. The Bertz CT molecular complexity index is 742. The molecule has 0 amide bonds. The van der Waals surface area contributed by atoms with Crippen molar-refractivity contribution in [3.05, 3.63) is 65.5 Å². The molecule has 0 saturated carbocycles. The summed E-state index contributed by atoms with van der Waals surface area (Å²) in [5.41, 5.74) is 5.61. The molecule has 0 spiro atoms. The SMILES string of the molecule is Cc1cc(C)n(-c2ccccc2CNC(C)c2cnc[nH]2)n1. The molecule has 0 bridgehead atoms. The van der Waals surface area contributed by atoms with E-state index in [1.54, 1.807) is 6.33 Å². The van der Waals surface area contributed by atoms with E-state index in [2.05, 4.69) is 58.5 Å². The average Bonchev–Trinajstić information content (AvgIpc) is 3.15. The monoisotopic (exact) mass is 295 g/mol. The van der Waals surface area contributed by atoms with Crippen molar-refractivity contribution in [1.82, 2.24) is 25.1 Å². The Morgan fingerprint density at radius 1 is 1.27 bits per heavy atom. The quantitative estimate of drug-likeness (QED) is 0.760. The molecule has 0 radical (unpaired) electrons. The Hall–Kier alpha value is -2.40. The number of H-pyrrole nitrogens is 1. The summed E-state index contributed by atoms with van der Waals surface area (Å²) in [6, 6.07) is 10.7. The Morgan fingerprint density at radius 2 is 2.09 bits per heavy atom. The summed E-state index contributed by atoms with van der Waals surface area (Å²) in [4.78, 5) is 7.21. The number of benzene rings is 1. The third-order valence-corrected chi connectivity index (χ3v) is 3.81. The van der Waals surface area contributed by atoms with E-state index in [1.165, 1.54) is 5.56 Å². The predicted octanol–water partition coefficient (Wildman–Crippen LogP) is 3.06. The fourth-order valence-electron chi connectivity index (χ4n) is 2.62. The van der Waals surface area contributed by atoms with Crippen LogP contribution in [0.2, 0.25) is 0 Å². The highest BCUT2D eigenvalue weighted by Gasteiger charge is 2.11. The molecule has 2 N–H and O–H groups in total. The number of para-hydroxylation sites is 1. The van der Waals surface area contributed by atoms with Gasteiger partial charge in [0.25, 0.3) is 0 Å². The first-order chi connectivity index (χ1) is 10.6. The summed E-state index contributed by atoms with van der Waals surface area (Å²) < 4.78 is 2.01. The van der Waals surface area contributed by atoms with Gasteiger partial charge in [0.2, 0.25) is 0 Å². The topological polar surface area (TPSA) is 58.5 Å². The number of aryl methyl sites for hydroxylation is 2. The number of nitrogens with zero attached hydrogens (tertiary/aromatic N) is 3. The zero-order valence-corrected chi connectivity index (χ0v) is 13.2. The van der Waals surface area contributed by atoms with E-state index in [1.807, 2.05) is 23.9 Å². The number of aromatic amines is 1. The van der Waals surface area contributed by atoms with Gasteiger partial charge in [0, 0.05) is 24.5 Å². The first-order valence-electron chi connectivity index (χ1n) is 7.48. The normalized spacial score (nSPS) is 12.5. The Balaban J connectivity index is 1.81. The minimum absolute atomic E-state index is 0.219. The summed E-state index contributed by atoms with van der Waals surface area (Å²) >= 11 is 0. The van der Waals surface area contributed by atoms with Crippen LogP contribution in [0.15, 0.2) is 42.9 Å². The lowest BCUT2D eigenvalue weighted by Gasteiger charge is -2.15. The van der Waals surface area contributed by atoms with Crippen LogP contribution in [0.3, 0.4) is 0 Å². The summed E-state index contributed by atoms with van der Waals surface area (Å²) in [6.07, 6.45) is 3.56. The van der Waals surface area contributed by atoms with Crippen LogP contribution in [0.1, 0.15) is 35.6 Å². The highest BCUT2D eigenvalue weighted by Crippen LogP contribution is 2.18. The average molecular weight is 295 g/mol. The second-order valence-electron chi connectivity index (χ2n) is 5.58. The number of hydrogen-bond acceptors (Lipinski definition) is 3. The second kappa shape index (κ2) is 6.15. The molecule has 5 heteroatoms. The summed E-state index contributed by atoms with van der Waals surface area (Å²) in [6.45, 7) is 7.00. The van der Waals surface area contributed by atoms with Crippen LogP contribution in [0.25, 0.3) is 5.69 Å². The third-order valence-electron chi connectivity index (χ3n) is 3.81. The molecular formula is C17H21N5. The largest absolute Gasteiger partial charge is 0.347 e. The van der Waals surface area contributed by atoms with Crippen LogP contribution in [0.5, 0.6) is 0 Å². The van der Waals surface area contributed by atoms with Crippen molar-refractivity contribution < 1.29 is 0 Å². The van der Waals surface area contributed by atoms with Crippen molar-refractivity contribution in [2.45, 2.75) is 33.4 Å². The number of aromatic nitrogens is 4. The standard InChI is InChI=1S/C17H21N5/c1-12-8-13(2)22(21-12)17-7-5-4-6-15(17)9-19-14(3)16-10-18-11-20-16/h4-8,10-11,14,19H,9H2,1-3H3,(H,18,20). The molecule has 1 aromatic carbocycles. The van der Waals surface area contributed by atoms with Crippen LogP contribution < -0.4 is 5.32 Å². The van der Waals surface area contributed by atoms with Crippen molar-refractivity contribution in [2.75, 3.05) is 0 Å². The Kier molecular flexibility index (Phi) is 4.06. The minimum atomic E-state index is 0.219. The molecule has 2 heterocycles. The van der Waals surface area contributed by atoms with Crippen LogP contribution in [0, 0.1) is 13.8 Å². The van der Waals surface area contributed by atoms with Crippen molar-refractivity contribution in [1.29, 1.82) is 0 Å². The summed E-state index contributed by atoms with van der Waals surface area (Å²) in [5, 5.41) is 8.12. The van der Waals surface area contributed by atoms with E-state index in [0.29, 0.717) is 0 Å². The van der Waals surface area contributed by atoms with Gasteiger partial charge in [0.05, 0.1) is 23.4 Å². The van der Waals surface area contributed by atoms with Gasteiger partial charge < -0.3 is 10.3 Å². The molecule has 5 nitrogen and oxygen atoms in total. The molecule has 3 aromatic rings. The molecule has 0 aliphatic heterocycles. The molecule has 114 valence electrons. The van der Waals surface area contributed by atoms with E-state index >= 15 is 0 Å². The third kappa shape index (κ3) is 2.94. The predicted molar refractivity (Wildman–Crippen MR) is 86.9 cm³/mol. The van der Waals surface area contributed by atoms with E-state index in [4.69, 9.17) is 0 Å². The summed E-state index contributed by atoms with van der Waals surface area (Å²) in [7, 11) is 0. The molecule has 0 aliphatic rings. The first kappa shape index (κ1) is 14.5. The highest BCUT2D eigenvalue weighted by atomic mass is 15.3. The number of nitrogens with one attached hydrogen (secondary N) is 2. The fraction of sp³-hybridized carbons (Fsp3) is 0.294. The lowest BCUT2D eigenvalue weighted by Crippen LogP contribution is -2.19. The maximum atomic E-state index is 4.59. The summed E-state index contributed by atoms with van der Waals surface area (Å²) in [5.74, 6) is 0. The van der Waals surface area contributed by atoms with Gasteiger partial charge in [-0.3, -0.25) is 0 Å². The number of rotatable bonds is 5. The van der Waals surface area contributed by atoms with Gasteiger partial charge in [0.1, 0.15) is 0 Å². The van der Waals surface area contributed by atoms with Crippen molar-refractivity contribution >= 4 is 0 Å². The second-order valence-corrected chi connectivity index (χ2v) is 5.58. The van der Waals surface area contributed by atoms with Crippen molar-refractivity contribution in [2.24, 2.45) is 0 Å². The molecule has 22 heavy (non-hydrogen) atoms. The molecular weight excluding hydrogens is 274 g/mol. The van der Waals surface area contributed by atoms with Gasteiger partial charge in [-0.15, -0.1) is 0 Å². The van der Waals surface area contributed by atoms with Gasteiger partial charge in [-0.2, -0.15) is 5.10 Å². The molecule has 2 aromatic heterocycles. The molecule has 0 fully saturated rings. The van der Waals surface area contributed by atoms with Crippen LogP contribution in [0.4, 0.5) is 0 Å². The highest BCUT2D eigenvalue weighted by molar-refractivity contribution is 5.41. The van der Waals surface area contributed by atoms with Crippen molar-refractivity contribution in [3.63, 3.8) is 0 Å². The zero-order chi connectivity index (χ0) is 15.5. The van der Waals surface area contributed by atoms with Gasteiger partial charge >= 0.3 is 0 Å². The zero-order valence-electron chi connectivity index (χ0n) is 13.2. The Labute approximate surface area is 130 Å². The Morgan fingerprint density at radius 3 is 2.77 bits per heavy atom. The van der Waals surface area contributed by atoms with Gasteiger partial charge in [-0.1, -0.05) is 18.2 Å². The van der Waals surface area contributed by atoms with Crippen molar-refractivity contribution in [3.8, 4) is 5.69 Å². The smallest absolute Gasteiger partial charge is 0.0922 e. The minimum Gasteiger partial charge on any atom is -0.347 e. The molecule has 0 aliphatic carbocycles. The molecule has 3 rings (SSSR count). The van der Waals surface area contributed by atoms with Crippen LogP contribution >= 0.6 is 0 Å². The van der Waals surface area contributed by atoms with Gasteiger partial charge in [-0.05, 0) is 38.5 Å². The van der Waals surface area contributed by atoms with Crippen LogP contribution in [-0.4, -0.2) is 19.7 Å². The van der Waals surface area contributed by atoms with Crippen LogP contribution in [-0.2, 0) is 6.54 Å². The first-order valence-corrected chi connectivity index (χ1v) is 7.48. The molecule has 1 unspecified atom stereocenters. The van der Waals surface area contributed by atoms with E-state index in [9.17, 15) is 0 Å². The van der Waals surface area contributed by atoms with Gasteiger partial charge in [0.15, 0.2) is 0 Å². The lowest BCUT2D eigenvalue weighted by atomic mass is 10.1. The number of imidazole rings is 1. The van der Waals surface area contributed by atoms with E-state index < -0.39 is 0 Å². The molecule has 1 atom stereocenters. The number of hydrogen-bond donors (Lipinski definition) is 2. The fourth-order valence-corrected chi connectivity index (χ4v) is 2.62. The maximum Gasteiger partial charge on any atom is 0.0922 e. The maximum absolute atomic E-state index is 4.59. The van der Waals surface area contributed by atoms with Gasteiger partial charge in [-0.25, -0.2) is 9.67 Å².